The van der Waals surface area contributed by atoms with E-state index in [4.69, 9.17) is 4.74 Å². The Morgan fingerprint density at radius 2 is 1.62 bits per heavy atom. The normalized spacial score (nSPS) is 13.1. The van der Waals surface area contributed by atoms with E-state index in [0.29, 0.717) is 5.69 Å². The van der Waals surface area contributed by atoms with Gasteiger partial charge in [0.15, 0.2) is 0 Å². The second-order valence-electron chi connectivity index (χ2n) is 9.28. The first-order chi connectivity index (χ1) is 17.8. The first-order valence-electron chi connectivity index (χ1n) is 12.1. The van der Waals surface area contributed by atoms with Crippen molar-refractivity contribution >= 4 is 12.1 Å². The molecule has 0 saturated heterocycles. The smallest absolute Gasteiger partial charge is 0.407 e. The van der Waals surface area contributed by atoms with E-state index in [1.807, 2.05) is 60.9 Å². The van der Waals surface area contributed by atoms with Gasteiger partial charge >= 0.3 is 12.1 Å². The highest BCUT2D eigenvalue weighted by atomic mass is 19.1. The molecule has 1 aliphatic rings. The highest BCUT2D eigenvalue weighted by molar-refractivity contribution is 5.81. The van der Waals surface area contributed by atoms with Crippen LogP contribution in [0.3, 0.4) is 0 Å². The number of carbonyl (C=O) groups is 2. The molecule has 1 atom stereocenters. The van der Waals surface area contributed by atoms with Crippen molar-refractivity contribution in [3.63, 3.8) is 0 Å². The summed E-state index contributed by atoms with van der Waals surface area (Å²) in [5.41, 5.74) is 7.40. The van der Waals surface area contributed by atoms with Crippen molar-refractivity contribution in [2.45, 2.75) is 32.2 Å². The second-order valence-corrected chi connectivity index (χ2v) is 9.28. The molecule has 4 aromatic rings. The third-order valence-corrected chi connectivity index (χ3v) is 6.96. The minimum Gasteiger partial charge on any atom is -0.480 e. The summed E-state index contributed by atoms with van der Waals surface area (Å²) < 4.78 is 21.2. The number of hydrogen-bond acceptors (Lipinski definition) is 3. The molecule has 1 amide bonds. The first kappa shape index (κ1) is 24.3. The van der Waals surface area contributed by atoms with Crippen LogP contribution in [0.1, 0.15) is 34.0 Å². The van der Waals surface area contributed by atoms with Crippen molar-refractivity contribution in [1.82, 2.24) is 9.88 Å². The molecule has 1 aromatic heterocycles. The number of carboxylic acids is 1. The van der Waals surface area contributed by atoms with Gasteiger partial charge in [-0.2, -0.15) is 0 Å². The number of amides is 1. The zero-order chi connectivity index (χ0) is 26.1. The molecule has 1 unspecified atom stereocenters. The van der Waals surface area contributed by atoms with Crippen LogP contribution in [-0.4, -0.2) is 34.4 Å². The third-order valence-electron chi connectivity index (χ3n) is 6.96. The van der Waals surface area contributed by atoms with Crippen LogP contribution in [0.2, 0.25) is 0 Å². The van der Waals surface area contributed by atoms with Gasteiger partial charge in [0.2, 0.25) is 0 Å². The Bertz CT molecular complexity index is 1450. The van der Waals surface area contributed by atoms with Gasteiger partial charge in [-0.1, -0.05) is 54.6 Å². The Morgan fingerprint density at radius 1 is 0.973 bits per heavy atom. The molecule has 6 nitrogen and oxygen atoms in total. The standard InChI is InChI=1S/C30H27FN2O4/c1-18-14-20(19(2)33(18)22-9-7-8-21(31)16-22)15-28(29(34)35)32-30(36)37-17-27-25-12-5-3-10-23(25)24-11-4-6-13-26(24)27/h3-14,16,27-28H,15,17H2,1-2H3,(H,32,36)(H,34,35). The molecule has 0 radical (unpaired) electrons. The van der Waals surface area contributed by atoms with Crippen molar-refractivity contribution in [2.24, 2.45) is 0 Å². The SMILES string of the molecule is Cc1cc(CC(NC(=O)OCC2c3ccccc3-c3ccccc32)C(=O)O)c(C)n1-c1cccc(F)c1. The minimum atomic E-state index is -1.18. The van der Waals surface area contributed by atoms with Crippen LogP contribution in [0.5, 0.6) is 0 Å². The maximum atomic E-state index is 13.8. The molecule has 0 spiro atoms. The second kappa shape index (κ2) is 9.93. The summed E-state index contributed by atoms with van der Waals surface area (Å²) in [5.74, 6) is -1.64. The van der Waals surface area contributed by atoms with E-state index >= 15 is 0 Å². The molecule has 0 aliphatic heterocycles. The average Bonchev–Trinajstić information content (AvgIpc) is 3.35. The predicted octanol–water partition coefficient (Wildman–Crippen LogP) is 5.77. The van der Waals surface area contributed by atoms with E-state index in [2.05, 4.69) is 17.4 Å². The van der Waals surface area contributed by atoms with Gasteiger partial charge in [-0.05, 0) is 65.9 Å². The van der Waals surface area contributed by atoms with Gasteiger partial charge in [0.25, 0.3) is 0 Å². The van der Waals surface area contributed by atoms with E-state index < -0.39 is 18.1 Å². The van der Waals surface area contributed by atoms with Crippen molar-refractivity contribution in [3.8, 4) is 16.8 Å². The Kier molecular flexibility index (Phi) is 6.53. The van der Waals surface area contributed by atoms with E-state index in [1.165, 1.54) is 12.1 Å². The summed E-state index contributed by atoms with van der Waals surface area (Å²) in [5, 5.41) is 12.3. The molecule has 7 heteroatoms. The maximum Gasteiger partial charge on any atom is 0.407 e. The zero-order valence-corrected chi connectivity index (χ0v) is 20.6. The Hall–Kier alpha value is -4.39. The zero-order valence-electron chi connectivity index (χ0n) is 20.6. The lowest BCUT2D eigenvalue weighted by molar-refractivity contribution is -0.139. The van der Waals surface area contributed by atoms with Gasteiger partial charge in [0, 0.05) is 29.4 Å². The molecule has 1 heterocycles. The molecular formula is C30H27FN2O4. The van der Waals surface area contributed by atoms with E-state index in [-0.39, 0.29) is 24.8 Å². The summed E-state index contributed by atoms with van der Waals surface area (Å²) in [6.45, 7) is 3.82. The van der Waals surface area contributed by atoms with Crippen LogP contribution < -0.4 is 5.32 Å². The molecule has 1 aliphatic carbocycles. The molecule has 3 aromatic carbocycles. The van der Waals surface area contributed by atoms with Crippen LogP contribution in [-0.2, 0) is 16.0 Å². The molecule has 188 valence electrons. The monoisotopic (exact) mass is 498 g/mol. The van der Waals surface area contributed by atoms with Gasteiger partial charge < -0.3 is 19.7 Å². The first-order valence-corrected chi connectivity index (χ1v) is 12.1. The molecule has 2 N–H and O–H groups in total. The third kappa shape index (κ3) is 4.72. The number of aryl methyl sites for hydroxylation is 1. The molecule has 0 saturated carbocycles. The quantitative estimate of drug-likeness (QED) is 0.339. The lowest BCUT2D eigenvalue weighted by Gasteiger charge is -2.18. The van der Waals surface area contributed by atoms with Crippen LogP contribution in [0.15, 0.2) is 78.9 Å². The predicted molar refractivity (Wildman–Crippen MR) is 139 cm³/mol. The van der Waals surface area contributed by atoms with Crippen molar-refractivity contribution in [3.05, 3.63) is 113 Å². The summed E-state index contributed by atoms with van der Waals surface area (Å²) >= 11 is 0. The number of alkyl carbamates (subject to hydrolysis) is 1. The summed E-state index contributed by atoms with van der Waals surface area (Å²) in [6, 6.07) is 22.9. The molecular weight excluding hydrogens is 471 g/mol. The largest absolute Gasteiger partial charge is 0.480 e. The molecule has 37 heavy (non-hydrogen) atoms. The lowest BCUT2D eigenvalue weighted by atomic mass is 9.98. The van der Waals surface area contributed by atoms with Crippen molar-refractivity contribution in [2.75, 3.05) is 6.61 Å². The van der Waals surface area contributed by atoms with Crippen LogP contribution in [0, 0.1) is 19.7 Å². The topological polar surface area (TPSA) is 80.6 Å². The fourth-order valence-electron chi connectivity index (χ4n) is 5.25. The minimum absolute atomic E-state index is 0.0640. The number of fused-ring (bicyclic) bond motifs is 3. The molecule has 5 rings (SSSR count). The van der Waals surface area contributed by atoms with Crippen LogP contribution in [0.4, 0.5) is 9.18 Å². The van der Waals surface area contributed by atoms with E-state index in [0.717, 1.165) is 39.2 Å². The summed E-state index contributed by atoms with van der Waals surface area (Å²) in [7, 11) is 0. The Labute approximate surface area is 214 Å². The number of ether oxygens (including phenoxy) is 1. The van der Waals surface area contributed by atoms with Crippen molar-refractivity contribution < 1.29 is 23.8 Å². The Balaban J connectivity index is 1.29. The number of hydrogen-bond donors (Lipinski definition) is 2. The van der Waals surface area contributed by atoms with Crippen LogP contribution >= 0.6 is 0 Å². The number of rotatable bonds is 7. The van der Waals surface area contributed by atoms with Crippen molar-refractivity contribution in [1.29, 1.82) is 0 Å². The number of carboxylic acid groups (broad SMARTS) is 1. The highest BCUT2D eigenvalue weighted by Gasteiger charge is 2.30. The molecule has 0 fully saturated rings. The number of nitrogens with zero attached hydrogens (tertiary/aromatic N) is 1. The molecule has 0 bridgehead atoms. The van der Waals surface area contributed by atoms with Gasteiger partial charge in [-0.15, -0.1) is 0 Å². The fourth-order valence-corrected chi connectivity index (χ4v) is 5.25. The van der Waals surface area contributed by atoms with E-state index in [1.54, 1.807) is 12.1 Å². The number of aliphatic carboxylic acids is 1. The summed E-state index contributed by atoms with van der Waals surface area (Å²) in [4.78, 5) is 24.7. The maximum absolute atomic E-state index is 13.8. The van der Waals surface area contributed by atoms with Gasteiger partial charge in [-0.3, -0.25) is 0 Å². The number of nitrogens with one attached hydrogen (secondary N) is 1. The Morgan fingerprint density at radius 3 is 2.24 bits per heavy atom. The number of halogens is 1. The fraction of sp³-hybridized carbons (Fsp3) is 0.200. The van der Waals surface area contributed by atoms with Gasteiger partial charge in [0.05, 0.1) is 0 Å². The van der Waals surface area contributed by atoms with Crippen LogP contribution in [0.25, 0.3) is 16.8 Å². The van der Waals surface area contributed by atoms with E-state index in [9.17, 15) is 19.1 Å². The highest BCUT2D eigenvalue weighted by Crippen LogP contribution is 2.44. The number of carbonyl (C=O) groups excluding carboxylic acids is 1. The number of aromatic nitrogens is 1. The van der Waals surface area contributed by atoms with Gasteiger partial charge in [-0.25, -0.2) is 14.0 Å². The van der Waals surface area contributed by atoms with Gasteiger partial charge in [0.1, 0.15) is 18.5 Å². The summed E-state index contributed by atoms with van der Waals surface area (Å²) in [6.07, 6.45) is -0.720. The number of benzene rings is 3. The average molecular weight is 499 g/mol. The lowest BCUT2D eigenvalue weighted by Crippen LogP contribution is -2.43.